The van der Waals surface area contributed by atoms with E-state index in [-0.39, 0.29) is 49.9 Å². The largest absolute Gasteiger partial charge is 0.416 e. The summed E-state index contributed by atoms with van der Waals surface area (Å²) in [6.07, 6.45) is -1.88. The van der Waals surface area contributed by atoms with Crippen molar-refractivity contribution >= 4 is 27.5 Å². The van der Waals surface area contributed by atoms with Crippen LogP contribution in [0.4, 0.5) is 18.9 Å². The summed E-state index contributed by atoms with van der Waals surface area (Å²) in [4.78, 5) is 29.0. The maximum absolute atomic E-state index is 13.9. The molecule has 0 aliphatic heterocycles. The molecule has 0 heterocycles. The lowest BCUT2D eigenvalue weighted by Gasteiger charge is -2.32. The Hall–Kier alpha value is -3.86. The summed E-state index contributed by atoms with van der Waals surface area (Å²) in [6.45, 7) is 4.35. The van der Waals surface area contributed by atoms with E-state index in [1.165, 1.54) is 11.0 Å². The smallest absolute Gasteiger partial charge is 0.354 e. The van der Waals surface area contributed by atoms with E-state index < -0.39 is 27.8 Å². The molecule has 1 N–H and O–H groups in total. The van der Waals surface area contributed by atoms with Crippen LogP contribution < -0.4 is 9.62 Å². The van der Waals surface area contributed by atoms with Gasteiger partial charge in [-0.25, -0.2) is 8.42 Å². The summed E-state index contributed by atoms with van der Waals surface area (Å²) in [5, 5.41) is 2.96. The Morgan fingerprint density at radius 3 is 2.25 bits per heavy atom. The van der Waals surface area contributed by atoms with Crippen LogP contribution in [0.15, 0.2) is 78.9 Å². The van der Waals surface area contributed by atoms with Gasteiger partial charge in [0.25, 0.3) is 0 Å². The van der Waals surface area contributed by atoms with Crippen molar-refractivity contribution in [3.05, 3.63) is 101 Å². The van der Waals surface area contributed by atoms with Crippen LogP contribution >= 0.6 is 0 Å². The van der Waals surface area contributed by atoms with E-state index in [1.807, 2.05) is 68.4 Å². The van der Waals surface area contributed by atoms with Gasteiger partial charge in [-0.15, -0.1) is 0 Å². The fourth-order valence-electron chi connectivity index (χ4n) is 4.87. The van der Waals surface area contributed by atoms with E-state index in [0.29, 0.717) is 6.54 Å². The van der Waals surface area contributed by atoms with E-state index in [1.54, 1.807) is 0 Å². The highest BCUT2D eigenvalue weighted by Crippen LogP contribution is 2.32. The number of nitrogens with zero attached hydrogens (tertiary/aromatic N) is 2. The normalized spacial score (nSPS) is 12.4. The molecule has 0 bridgehead atoms. The first-order valence-corrected chi connectivity index (χ1v) is 16.5. The Morgan fingerprint density at radius 1 is 0.932 bits per heavy atom. The molecule has 0 aliphatic carbocycles. The monoisotopic (exact) mass is 631 g/mol. The van der Waals surface area contributed by atoms with E-state index in [2.05, 4.69) is 5.32 Å². The molecule has 3 rings (SSSR count). The number of anilines is 1. The number of amides is 2. The molecule has 0 radical (unpaired) electrons. The molecule has 0 saturated carbocycles. The highest BCUT2D eigenvalue weighted by atomic mass is 32.2. The zero-order valence-electron chi connectivity index (χ0n) is 25.3. The fraction of sp³-hybridized carbons (Fsp3) is 0.394. The average molecular weight is 632 g/mol. The summed E-state index contributed by atoms with van der Waals surface area (Å²) in [7, 11) is -3.96. The number of carbonyl (C=O) groups excluding carboxylic acids is 2. The number of benzene rings is 3. The second kappa shape index (κ2) is 15.7. The summed E-state index contributed by atoms with van der Waals surface area (Å²) < 4.78 is 66.1. The van der Waals surface area contributed by atoms with Crippen molar-refractivity contribution in [2.24, 2.45) is 0 Å². The molecule has 3 aromatic rings. The van der Waals surface area contributed by atoms with E-state index in [4.69, 9.17) is 0 Å². The minimum Gasteiger partial charge on any atom is -0.354 e. The number of rotatable bonds is 15. The van der Waals surface area contributed by atoms with Crippen LogP contribution in [0.3, 0.4) is 0 Å². The first-order chi connectivity index (χ1) is 20.8. The summed E-state index contributed by atoms with van der Waals surface area (Å²) in [5.41, 5.74) is 1.58. The van der Waals surface area contributed by atoms with Crippen LogP contribution in [0.5, 0.6) is 0 Å². The zero-order chi connectivity index (χ0) is 32.3. The minimum atomic E-state index is -4.64. The molecule has 2 amide bonds. The van der Waals surface area contributed by atoms with Gasteiger partial charge in [0.15, 0.2) is 0 Å². The van der Waals surface area contributed by atoms with Crippen molar-refractivity contribution in [1.82, 2.24) is 10.2 Å². The molecule has 11 heteroatoms. The molecule has 238 valence electrons. The molecule has 7 nitrogen and oxygen atoms in total. The van der Waals surface area contributed by atoms with Crippen molar-refractivity contribution in [3.63, 3.8) is 0 Å². The molecule has 1 unspecified atom stereocenters. The Balaban J connectivity index is 1.89. The van der Waals surface area contributed by atoms with Crippen molar-refractivity contribution in [1.29, 1.82) is 0 Å². The molecule has 1 atom stereocenters. The van der Waals surface area contributed by atoms with E-state index in [0.717, 1.165) is 58.3 Å². The molecule has 0 aliphatic rings. The number of unbranched alkanes of at least 4 members (excludes halogenated alkanes) is 1. The molecular formula is C33H40F3N3O4S. The second-order valence-electron chi connectivity index (χ2n) is 10.8. The summed E-state index contributed by atoms with van der Waals surface area (Å²) in [5.74, 6) is -0.650. The minimum absolute atomic E-state index is 0.0297. The third kappa shape index (κ3) is 10.1. The van der Waals surface area contributed by atoms with Crippen LogP contribution in [0.1, 0.15) is 54.9 Å². The van der Waals surface area contributed by atoms with Gasteiger partial charge in [-0.1, -0.05) is 74.0 Å². The maximum atomic E-state index is 13.9. The van der Waals surface area contributed by atoms with Gasteiger partial charge in [0, 0.05) is 32.5 Å². The molecule has 0 spiro atoms. The molecule has 44 heavy (non-hydrogen) atoms. The lowest BCUT2D eigenvalue weighted by atomic mass is 10.0. The summed E-state index contributed by atoms with van der Waals surface area (Å²) >= 11 is 0. The second-order valence-corrected chi connectivity index (χ2v) is 12.7. The van der Waals surface area contributed by atoms with Crippen molar-refractivity contribution in [3.8, 4) is 0 Å². The van der Waals surface area contributed by atoms with Gasteiger partial charge in [-0.2, -0.15) is 13.2 Å². The van der Waals surface area contributed by atoms with E-state index in [9.17, 15) is 31.2 Å². The first-order valence-electron chi connectivity index (χ1n) is 14.6. The molecule has 0 fully saturated rings. The van der Waals surface area contributed by atoms with Gasteiger partial charge in [0.1, 0.15) is 6.04 Å². The van der Waals surface area contributed by atoms with Crippen molar-refractivity contribution in [2.45, 2.75) is 64.7 Å². The lowest BCUT2D eigenvalue weighted by Crippen LogP contribution is -2.50. The van der Waals surface area contributed by atoms with Crippen LogP contribution in [0.25, 0.3) is 0 Å². The number of nitrogens with one attached hydrogen (secondary N) is 1. The molecular weight excluding hydrogens is 591 g/mol. The summed E-state index contributed by atoms with van der Waals surface area (Å²) in [6, 6.07) is 20.2. The van der Waals surface area contributed by atoms with Crippen molar-refractivity contribution in [2.75, 3.05) is 23.7 Å². The van der Waals surface area contributed by atoms with Gasteiger partial charge >= 0.3 is 6.18 Å². The van der Waals surface area contributed by atoms with Gasteiger partial charge in [0.2, 0.25) is 21.8 Å². The predicted molar refractivity (Wildman–Crippen MR) is 166 cm³/mol. The Kier molecular flexibility index (Phi) is 12.4. The standard InChI is InChI=1S/C33H40F3N3O4S/c1-4-5-20-37-32(41)30(22-26-14-7-6-8-15-26)38(24-27-16-10-9-13-25(27)2)31(40)19-12-21-39(44(3,42)43)29-18-11-17-28(23-29)33(34,35)36/h6-11,13-18,23,30H,4-5,12,19-22,24H2,1-3H3,(H,37,41). The highest BCUT2D eigenvalue weighted by molar-refractivity contribution is 7.92. The number of hydrogen-bond donors (Lipinski definition) is 1. The van der Waals surface area contributed by atoms with Gasteiger partial charge < -0.3 is 10.2 Å². The van der Waals surface area contributed by atoms with Gasteiger partial charge in [-0.3, -0.25) is 13.9 Å². The Labute approximate surface area is 258 Å². The maximum Gasteiger partial charge on any atom is 0.416 e. The predicted octanol–water partition coefficient (Wildman–Crippen LogP) is 6.12. The topological polar surface area (TPSA) is 86.8 Å². The molecule has 0 aromatic heterocycles. The number of carbonyl (C=O) groups is 2. The Bertz CT molecular complexity index is 1500. The number of aryl methyl sites for hydroxylation is 1. The number of halogens is 3. The Morgan fingerprint density at radius 2 is 1.61 bits per heavy atom. The SMILES string of the molecule is CCCCNC(=O)C(Cc1ccccc1)N(Cc1ccccc1C)C(=O)CCCN(c1cccc(C(F)(F)F)c1)S(C)(=O)=O. The van der Waals surface area contributed by atoms with Crippen molar-refractivity contribution < 1.29 is 31.2 Å². The van der Waals surface area contributed by atoms with E-state index >= 15 is 0 Å². The fourth-order valence-corrected chi connectivity index (χ4v) is 5.83. The quantitative estimate of drug-likeness (QED) is 0.205. The third-order valence-corrected chi connectivity index (χ3v) is 8.51. The lowest BCUT2D eigenvalue weighted by molar-refractivity contribution is -0.141. The number of sulfonamides is 1. The third-order valence-electron chi connectivity index (χ3n) is 7.32. The van der Waals surface area contributed by atoms with Crippen LogP contribution in [-0.2, 0) is 38.8 Å². The van der Waals surface area contributed by atoms with Gasteiger partial charge in [0.05, 0.1) is 17.5 Å². The highest BCUT2D eigenvalue weighted by Gasteiger charge is 2.33. The van der Waals surface area contributed by atoms with Gasteiger partial charge in [-0.05, 0) is 54.7 Å². The average Bonchev–Trinajstić information content (AvgIpc) is 2.97. The molecule has 0 saturated heterocycles. The van der Waals surface area contributed by atoms with Crippen LogP contribution in [0, 0.1) is 6.92 Å². The van der Waals surface area contributed by atoms with Crippen LogP contribution in [-0.4, -0.2) is 50.5 Å². The first kappa shape index (κ1) is 34.6. The number of alkyl halides is 3. The molecule has 3 aromatic carbocycles. The zero-order valence-corrected chi connectivity index (χ0v) is 26.1. The van der Waals surface area contributed by atoms with Crippen LogP contribution in [0.2, 0.25) is 0 Å². The number of hydrogen-bond acceptors (Lipinski definition) is 4.